The molecule has 0 aliphatic heterocycles. The molecule has 7 nitrogen and oxygen atoms in total. The molecule has 158 valence electrons. The Morgan fingerprint density at radius 2 is 1.24 bits per heavy atom. The maximum Gasteiger partial charge on any atom is 0.416 e. The number of alkyl halides is 6. The lowest BCUT2D eigenvalue weighted by atomic mass is 10.1. The highest BCUT2D eigenvalue weighted by Gasteiger charge is 2.33. The summed E-state index contributed by atoms with van der Waals surface area (Å²) in [6, 6.07) is 4.08. The summed E-state index contributed by atoms with van der Waals surface area (Å²) < 4.78 is 72.9. The van der Waals surface area contributed by atoms with Gasteiger partial charge in [-0.3, -0.25) is 20.2 Å². The van der Waals surface area contributed by atoms with Crippen molar-refractivity contribution in [3.8, 4) is 0 Å². The second-order valence-electron chi connectivity index (χ2n) is 5.16. The van der Waals surface area contributed by atoms with E-state index < -0.39 is 44.0 Å². The summed E-state index contributed by atoms with van der Waals surface area (Å²) in [5.41, 5.74) is -3.01. The SMILES string of the molecule is CNc1cc(C(F)(F)F)ccc1[N+](=O)[O-].O=[N+]([O-])c1ccc(C(F)(F)F)cc1Cl. The number of rotatable bonds is 3. The van der Waals surface area contributed by atoms with Crippen molar-refractivity contribution in [2.45, 2.75) is 12.4 Å². The molecule has 14 heteroatoms. The summed E-state index contributed by atoms with van der Waals surface area (Å²) in [5, 5.41) is 22.5. The monoisotopic (exact) mass is 445 g/mol. The van der Waals surface area contributed by atoms with Crippen molar-refractivity contribution in [1.29, 1.82) is 0 Å². The van der Waals surface area contributed by atoms with Crippen LogP contribution < -0.4 is 5.32 Å². The van der Waals surface area contributed by atoms with Crippen molar-refractivity contribution in [2.75, 3.05) is 12.4 Å². The Labute approximate surface area is 163 Å². The van der Waals surface area contributed by atoms with Crippen molar-refractivity contribution >= 4 is 28.7 Å². The van der Waals surface area contributed by atoms with Crippen molar-refractivity contribution in [2.24, 2.45) is 0 Å². The van der Waals surface area contributed by atoms with E-state index in [1.165, 1.54) is 7.05 Å². The molecule has 0 amide bonds. The van der Waals surface area contributed by atoms with E-state index in [0.29, 0.717) is 24.3 Å². The zero-order valence-electron chi connectivity index (χ0n) is 14.1. The Morgan fingerprint density at radius 1 is 0.828 bits per heavy atom. The van der Waals surface area contributed by atoms with Gasteiger partial charge in [0, 0.05) is 19.2 Å². The first-order chi connectivity index (χ1) is 13.2. The Balaban J connectivity index is 0.000000291. The first-order valence-electron chi connectivity index (χ1n) is 7.23. The molecule has 0 fully saturated rings. The van der Waals surface area contributed by atoms with Gasteiger partial charge in [0.25, 0.3) is 11.4 Å². The second kappa shape index (κ2) is 8.94. The minimum atomic E-state index is -4.54. The molecule has 0 atom stereocenters. The third kappa shape index (κ3) is 6.48. The van der Waals surface area contributed by atoms with E-state index in [0.717, 1.165) is 12.1 Å². The van der Waals surface area contributed by atoms with E-state index >= 15 is 0 Å². The average molecular weight is 446 g/mol. The molecule has 2 aromatic rings. The summed E-state index contributed by atoms with van der Waals surface area (Å²) in [5.74, 6) is 0. The van der Waals surface area contributed by atoms with Crippen LogP contribution in [0.15, 0.2) is 36.4 Å². The summed E-state index contributed by atoms with van der Waals surface area (Å²) in [7, 11) is 1.32. The van der Waals surface area contributed by atoms with E-state index in [2.05, 4.69) is 5.32 Å². The molecule has 0 bridgehead atoms. The van der Waals surface area contributed by atoms with Gasteiger partial charge in [0.2, 0.25) is 0 Å². The molecule has 0 aliphatic rings. The third-order valence-electron chi connectivity index (χ3n) is 3.26. The number of benzene rings is 2. The molecule has 2 aromatic carbocycles. The van der Waals surface area contributed by atoms with Gasteiger partial charge >= 0.3 is 12.4 Å². The first kappa shape index (κ1) is 23.9. The zero-order valence-corrected chi connectivity index (χ0v) is 14.9. The Kier molecular flexibility index (Phi) is 7.38. The Bertz CT molecular complexity index is 918. The first-order valence-corrected chi connectivity index (χ1v) is 7.60. The Morgan fingerprint density at radius 3 is 1.59 bits per heavy atom. The van der Waals surface area contributed by atoms with Crippen LogP contribution in [-0.2, 0) is 12.4 Å². The predicted molar refractivity (Wildman–Crippen MR) is 90.8 cm³/mol. The van der Waals surface area contributed by atoms with Crippen LogP contribution >= 0.6 is 11.6 Å². The fourth-order valence-electron chi connectivity index (χ4n) is 1.90. The van der Waals surface area contributed by atoms with E-state index in [4.69, 9.17) is 11.6 Å². The van der Waals surface area contributed by atoms with Crippen LogP contribution in [0.1, 0.15) is 11.1 Å². The molecule has 2 rings (SSSR count). The molecular weight excluding hydrogens is 436 g/mol. The number of halogens is 7. The molecule has 1 N–H and O–H groups in total. The number of anilines is 1. The van der Waals surface area contributed by atoms with Gasteiger partial charge < -0.3 is 5.32 Å². The number of nitrogens with zero attached hydrogens (tertiary/aromatic N) is 2. The van der Waals surface area contributed by atoms with Crippen LogP contribution in [0.3, 0.4) is 0 Å². The molecule has 0 aliphatic carbocycles. The number of nitro benzene ring substituents is 2. The normalized spacial score (nSPS) is 11.3. The smallest absolute Gasteiger partial charge is 0.383 e. The Hall–Kier alpha value is -3.09. The highest BCUT2D eigenvalue weighted by molar-refractivity contribution is 6.32. The van der Waals surface area contributed by atoms with Crippen LogP contribution in [0.5, 0.6) is 0 Å². The molecule has 0 unspecified atom stereocenters. The topological polar surface area (TPSA) is 98.3 Å². The molecule has 29 heavy (non-hydrogen) atoms. The van der Waals surface area contributed by atoms with Gasteiger partial charge in [-0.25, -0.2) is 0 Å². The minimum Gasteiger partial charge on any atom is -0.383 e. The van der Waals surface area contributed by atoms with E-state index in [1.54, 1.807) is 0 Å². The minimum absolute atomic E-state index is 0.158. The van der Waals surface area contributed by atoms with Crippen LogP contribution in [-0.4, -0.2) is 16.9 Å². The van der Waals surface area contributed by atoms with Crippen LogP contribution in [0.4, 0.5) is 43.4 Å². The largest absolute Gasteiger partial charge is 0.416 e. The van der Waals surface area contributed by atoms with E-state index in [9.17, 15) is 46.6 Å². The maximum atomic E-state index is 12.2. The van der Waals surface area contributed by atoms with Gasteiger partial charge in [0.15, 0.2) is 0 Å². The predicted octanol–water partition coefficient (Wildman–Crippen LogP) is 5.92. The molecule has 0 saturated carbocycles. The van der Waals surface area contributed by atoms with Crippen LogP contribution in [0.25, 0.3) is 0 Å². The summed E-state index contributed by atoms with van der Waals surface area (Å²) in [6.07, 6.45) is -9.04. The van der Waals surface area contributed by atoms with Gasteiger partial charge in [-0.05, 0) is 24.3 Å². The second-order valence-corrected chi connectivity index (χ2v) is 5.57. The number of hydrogen-bond acceptors (Lipinski definition) is 5. The van der Waals surface area contributed by atoms with Crippen LogP contribution in [0, 0.1) is 20.2 Å². The van der Waals surface area contributed by atoms with Gasteiger partial charge in [0.05, 0.1) is 21.0 Å². The standard InChI is InChI=1S/C8H7F3N2O2.C7H3ClF3NO2/c1-12-6-4-5(8(9,10)11)2-3-7(6)13(14)15;8-5-3-4(7(9,10)11)1-2-6(5)12(13)14/h2-4,12H,1H3;1-3H. The highest BCUT2D eigenvalue weighted by Crippen LogP contribution is 2.35. The van der Waals surface area contributed by atoms with E-state index in [-0.39, 0.29) is 11.4 Å². The fourth-order valence-corrected chi connectivity index (χ4v) is 2.15. The summed E-state index contributed by atoms with van der Waals surface area (Å²) >= 11 is 5.29. The fraction of sp³-hybridized carbons (Fsp3) is 0.200. The summed E-state index contributed by atoms with van der Waals surface area (Å²) in [6.45, 7) is 0. The van der Waals surface area contributed by atoms with Crippen molar-refractivity contribution in [3.63, 3.8) is 0 Å². The van der Waals surface area contributed by atoms with Crippen LogP contribution in [0.2, 0.25) is 5.02 Å². The molecule has 0 saturated heterocycles. The van der Waals surface area contributed by atoms with Crippen molar-refractivity contribution in [3.05, 3.63) is 72.8 Å². The quantitative estimate of drug-likeness (QED) is 0.359. The molecular formula is C15H10ClF6N3O4. The zero-order chi connectivity index (χ0) is 22.6. The number of nitrogens with one attached hydrogen (secondary N) is 1. The lowest BCUT2D eigenvalue weighted by Gasteiger charge is -2.08. The van der Waals surface area contributed by atoms with Gasteiger partial charge in [-0.2, -0.15) is 26.3 Å². The summed E-state index contributed by atoms with van der Waals surface area (Å²) in [4.78, 5) is 19.1. The van der Waals surface area contributed by atoms with Gasteiger partial charge in [0.1, 0.15) is 10.7 Å². The van der Waals surface area contributed by atoms with Crippen molar-refractivity contribution in [1.82, 2.24) is 0 Å². The van der Waals surface area contributed by atoms with Gasteiger partial charge in [-0.15, -0.1) is 0 Å². The highest BCUT2D eigenvalue weighted by atomic mass is 35.5. The van der Waals surface area contributed by atoms with Crippen molar-refractivity contribution < 1.29 is 36.2 Å². The number of nitro groups is 2. The molecule has 0 radical (unpaired) electrons. The maximum absolute atomic E-state index is 12.2. The molecule has 0 spiro atoms. The average Bonchev–Trinajstić information content (AvgIpc) is 2.59. The van der Waals surface area contributed by atoms with Gasteiger partial charge in [-0.1, -0.05) is 11.6 Å². The number of hydrogen-bond donors (Lipinski definition) is 1. The van der Waals surface area contributed by atoms with E-state index in [1.807, 2.05) is 0 Å². The molecule has 0 aromatic heterocycles. The lowest BCUT2D eigenvalue weighted by Crippen LogP contribution is -2.06. The third-order valence-corrected chi connectivity index (χ3v) is 3.56. The lowest BCUT2D eigenvalue weighted by molar-refractivity contribution is -0.384. The molecule has 0 heterocycles.